The maximum absolute atomic E-state index is 12.4. The monoisotopic (exact) mass is 381 g/mol. The molecule has 3 amide bonds. The highest BCUT2D eigenvalue weighted by molar-refractivity contribution is 9.10. The van der Waals surface area contributed by atoms with Crippen LogP contribution in [0.5, 0.6) is 0 Å². The Labute approximate surface area is 145 Å². The van der Waals surface area contributed by atoms with E-state index in [1.807, 2.05) is 24.3 Å². The minimum absolute atomic E-state index is 0.0457. The van der Waals surface area contributed by atoms with Gasteiger partial charge in [-0.3, -0.25) is 4.79 Å². The van der Waals surface area contributed by atoms with E-state index in [9.17, 15) is 9.59 Å². The van der Waals surface area contributed by atoms with Gasteiger partial charge in [0.15, 0.2) is 0 Å². The summed E-state index contributed by atoms with van der Waals surface area (Å²) >= 11 is 3.41. The van der Waals surface area contributed by atoms with Crippen LogP contribution in [0.25, 0.3) is 0 Å². The summed E-state index contributed by atoms with van der Waals surface area (Å²) in [7, 11) is 0. The predicted molar refractivity (Wildman–Crippen MR) is 93.9 cm³/mol. The molecule has 0 radical (unpaired) electrons. The number of rotatable bonds is 5. The number of nitrogens with two attached hydrogens (primary N) is 1. The zero-order chi connectivity index (χ0) is 16.7. The SMILES string of the molecule is NC(=O)NC(CC(=O)NC1CCCCCC1)c1cccc(Br)c1. The highest BCUT2D eigenvalue weighted by Crippen LogP contribution is 2.22. The Hall–Kier alpha value is -1.56. The van der Waals surface area contributed by atoms with Crippen LogP contribution in [0.3, 0.4) is 0 Å². The molecule has 1 aliphatic carbocycles. The molecule has 1 aliphatic rings. The van der Waals surface area contributed by atoms with Gasteiger partial charge in [-0.05, 0) is 30.5 Å². The highest BCUT2D eigenvalue weighted by Gasteiger charge is 2.20. The summed E-state index contributed by atoms with van der Waals surface area (Å²) in [5.74, 6) is -0.0457. The van der Waals surface area contributed by atoms with Crippen molar-refractivity contribution in [2.75, 3.05) is 0 Å². The Balaban J connectivity index is 1.99. The van der Waals surface area contributed by atoms with E-state index in [2.05, 4.69) is 26.6 Å². The number of amides is 3. The molecule has 1 atom stereocenters. The number of benzene rings is 1. The Bertz CT molecular complexity index is 542. The minimum Gasteiger partial charge on any atom is -0.353 e. The van der Waals surface area contributed by atoms with E-state index in [0.717, 1.165) is 22.9 Å². The van der Waals surface area contributed by atoms with E-state index in [1.165, 1.54) is 25.7 Å². The number of hydrogen-bond acceptors (Lipinski definition) is 2. The van der Waals surface area contributed by atoms with Crippen LogP contribution in [-0.4, -0.2) is 18.0 Å². The molecule has 0 aliphatic heterocycles. The average molecular weight is 382 g/mol. The van der Waals surface area contributed by atoms with E-state index >= 15 is 0 Å². The Morgan fingerprint density at radius 3 is 2.52 bits per heavy atom. The van der Waals surface area contributed by atoms with Crippen LogP contribution in [0.2, 0.25) is 0 Å². The van der Waals surface area contributed by atoms with Crippen molar-refractivity contribution < 1.29 is 9.59 Å². The summed E-state index contributed by atoms with van der Waals surface area (Å²) in [6.07, 6.45) is 7.09. The van der Waals surface area contributed by atoms with Crippen molar-refractivity contribution in [2.24, 2.45) is 5.73 Å². The molecule has 5 nitrogen and oxygen atoms in total. The van der Waals surface area contributed by atoms with E-state index in [4.69, 9.17) is 5.73 Å². The van der Waals surface area contributed by atoms with E-state index < -0.39 is 12.1 Å². The van der Waals surface area contributed by atoms with Crippen molar-refractivity contribution in [3.63, 3.8) is 0 Å². The second-order valence-electron chi connectivity index (χ2n) is 6.08. The van der Waals surface area contributed by atoms with E-state index in [1.54, 1.807) is 0 Å². The van der Waals surface area contributed by atoms with E-state index in [-0.39, 0.29) is 18.4 Å². The molecule has 1 saturated carbocycles. The molecule has 0 spiro atoms. The first-order valence-corrected chi connectivity index (χ1v) is 8.94. The first-order chi connectivity index (χ1) is 11.0. The molecule has 1 fully saturated rings. The first kappa shape index (κ1) is 17.8. The second-order valence-corrected chi connectivity index (χ2v) is 6.99. The van der Waals surface area contributed by atoms with Crippen LogP contribution in [0.4, 0.5) is 4.79 Å². The van der Waals surface area contributed by atoms with Crippen molar-refractivity contribution in [1.82, 2.24) is 10.6 Å². The molecule has 6 heteroatoms. The van der Waals surface area contributed by atoms with Gasteiger partial charge in [0.2, 0.25) is 5.91 Å². The number of carbonyl (C=O) groups excluding carboxylic acids is 2. The van der Waals surface area contributed by atoms with Crippen LogP contribution in [0.1, 0.15) is 56.6 Å². The fourth-order valence-electron chi connectivity index (χ4n) is 3.04. The molecule has 1 unspecified atom stereocenters. The number of urea groups is 1. The van der Waals surface area contributed by atoms with Crippen molar-refractivity contribution >= 4 is 27.9 Å². The van der Waals surface area contributed by atoms with Gasteiger partial charge in [0, 0.05) is 10.5 Å². The van der Waals surface area contributed by atoms with Crippen molar-refractivity contribution in [3.05, 3.63) is 34.3 Å². The van der Waals surface area contributed by atoms with Gasteiger partial charge >= 0.3 is 6.03 Å². The van der Waals surface area contributed by atoms with Crippen molar-refractivity contribution in [3.8, 4) is 0 Å². The lowest BCUT2D eigenvalue weighted by atomic mass is 10.0. The molecular weight excluding hydrogens is 358 g/mol. The second kappa shape index (κ2) is 8.91. The molecule has 23 heavy (non-hydrogen) atoms. The van der Waals surface area contributed by atoms with Gasteiger partial charge in [-0.1, -0.05) is 53.7 Å². The molecule has 0 bridgehead atoms. The van der Waals surface area contributed by atoms with Crippen LogP contribution >= 0.6 is 15.9 Å². The van der Waals surface area contributed by atoms with Gasteiger partial charge < -0.3 is 16.4 Å². The number of carbonyl (C=O) groups is 2. The standard InChI is InChI=1S/C17H24BrN3O2/c18-13-7-5-6-12(10-13)15(21-17(19)23)11-16(22)20-14-8-3-1-2-4-9-14/h5-7,10,14-15H,1-4,8-9,11H2,(H,20,22)(H3,19,21,23). The lowest BCUT2D eigenvalue weighted by Crippen LogP contribution is -2.39. The smallest absolute Gasteiger partial charge is 0.312 e. The van der Waals surface area contributed by atoms with Gasteiger partial charge in [0.1, 0.15) is 0 Å². The largest absolute Gasteiger partial charge is 0.353 e. The molecule has 0 heterocycles. The summed E-state index contributed by atoms with van der Waals surface area (Å²) in [6.45, 7) is 0. The maximum Gasteiger partial charge on any atom is 0.312 e. The molecule has 0 aromatic heterocycles. The van der Waals surface area contributed by atoms with Gasteiger partial charge in [-0.15, -0.1) is 0 Å². The summed E-state index contributed by atoms with van der Waals surface area (Å²) < 4.78 is 0.899. The predicted octanol–water partition coefficient (Wildman–Crippen LogP) is 3.39. The first-order valence-electron chi connectivity index (χ1n) is 8.15. The fourth-order valence-corrected chi connectivity index (χ4v) is 3.46. The Morgan fingerprint density at radius 1 is 1.22 bits per heavy atom. The normalized spacial score (nSPS) is 17.1. The lowest BCUT2D eigenvalue weighted by Gasteiger charge is -2.21. The zero-order valence-corrected chi connectivity index (χ0v) is 14.8. The third-order valence-corrected chi connectivity index (χ3v) is 4.67. The van der Waals surface area contributed by atoms with Crippen LogP contribution in [0.15, 0.2) is 28.7 Å². The van der Waals surface area contributed by atoms with Crippen LogP contribution < -0.4 is 16.4 Å². The molecule has 1 aromatic rings. The van der Waals surface area contributed by atoms with E-state index in [0.29, 0.717) is 0 Å². The quantitative estimate of drug-likeness (QED) is 0.682. The van der Waals surface area contributed by atoms with Crippen molar-refractivity contribution in [1.29, 1.82) is 0 Å². The van der Waals surface area contributed by atoms with Gasteiger partial charge in [0.25, 0.3) is 0 Å². The third-order valence-electron chi connectivity index (χ3n) is 4.18. The molecule has 0 saturated heterocycles. The topological polar surface area (TPSA) is 84.2 Å². The third kappa shape index (κ3) is 6.22. The maximum atomic E-state index is 12.4. The summed E-state index contributed by atoms with van der Waals surface area (Å²) in [5.41, 5.74) is 6.11. The average Bonchev–Trinajstić information content (AvgIpc) is 2.74. The van der Waals surface area contributed by atoms with Gasteiger partial charge in [-0.2, -0.15) is 0 Å². The summed E-state index contributed by atoms with van der Waals surface area (Å²) in [6, 6.07) is 6.74. The van der Waals surface area contributed by atoms with Crippen molar-refractivity contribution in [2.45, 2.75) is 57.0 Å². The number of hydrogen-bond donors (Lipinski definition) is 3. The minimum atomic E-state index is -0.628. The van der Waals surface area contributed by atoms with Crippen LogP contribution in [0, 0.1) is 0 Å². The van der Waals surface area contributed by atoms with Gasteiger partial charge in [0.05, 0.1) is 12.5 Å². The highest BCUT2D eigenvalue weighted by atomic mass is 79.9. The lowest BCUT2D eigenvalue weighted by molar-refractivity contribution is -0.122. The Morgan fingerprint density at radius 2 is 1.91 bits per heavy atom. The Kier molecular flexibility index (Phi) is 6.89. The molecule has 4 N–H and O–H groups in total. The summed E-state index contributed by atoms with van der Waals surface area (Å²) in [4.78, 5) is 23.6. The number of primary amides is 1. The zero-order valence-electron chi connectivity index (χ0n) is 13.2. The number of nitrogens with one attached hydrogen (secondary N) is 2. The summed E-state index contributed by atoms with van der Waals surface area (Å²) in [5, 5.41) is 5.77. The van der Waals surface area contributed by atoms with Gasteiger partial charge in [-0.25, -0.2) is 4.79 Å². The fraction of sp³-hybridized carbons (Fsp3) is 0.529. The number of halogens is 1. The molecule has 126 valence electrons. The molecule has 2 rings (SSSR count). The molecular formula is C17H24BrN3O2. The van der Waals surface area contributed by atoms with Crippen LogP contribution in [-0.2, 0) is 4.79 Å². The molecule has 1 aromatic carbocycles.